The van der Waals surface area contributed by atoms with Gasteiger partial charge in [0.25, 0.3) is 0 Å². The molecular formula is C19H27F2N5O2. The van der Waals surface area contributed by atoms with Crippen LogP contribution in [-0.2, 0) is 20.1 Å². The second-order valence-electron chi connectivity index (χ2n) is 6.14. The number of guanidine groups is 1. The Labute approximate surface area is 163 Å². The number of ether oxygens (including phenoxy) is 2. The van der Waals surface area contributed by atoms with E-state index < -0.39 is 6.61 Å². The Morgan fingerprint density at radius 3 is 2.50 bits per heavy atom. The van der Waals surface area contributed by atoms with E-state index in [0.717, 1.165) is 22.5 Å². The van der Waals surface area contributed by atoms with Crippen molar-refractivity contribution in [3.05, 3.63) is 40.7 Å². The number of hydrogen-bond donors (Lipinski definition) is 2. The highest BCUT2D eigenvalue weighted by Gasteiger charge is 2.12. The van der Waals surface area contributed by atoms with Gasteiger partial charge in [0.1, 0.15) is 0 Å². The van der Waals surface area contributed by atoms with Crippen LogP contribution in [0.15, 0.2) is 23.2 Å². The van der Waals surface area contributed by atoms with E-state index in [-0.39, 0.29) is 11.5 Å². The van der Waals surface area contributed by atoms with Crippen LogP contribution in [-0.4, -0.2) is 36.0 Å². The summed E-state index contributed by atoms with van der Waals surface area (Å²) in [5.41, 5.74) is 4.04. The van der Waals surface area contributed by atoms with Crippen molar-refractivity contribution in [2.24, 2.45) is 12.0 Å². The number of aliphatic imine (C=N–C) groups is 1. The Bertz CT molecular complexity index is 821. The summed E-state index contributed by atoms with van der Waals surface area (Å²) in [6, 6.07) is 4.86. The highest BCUT2D eigenvalue weighted by molar-refractivity contribution is 5.79. The van der Waals surface area contributed by atoms with Crippen molar-refractivity contribution in [3.63, 3.8) is 0 Å². The lowest BCUT2D eigenvalue weighted by Gasteiger charge is -2.15. The van der Waals surface area contributed by atoms with E-state index in [1.54, 1.807) is 26.1 Å². The molecule has 0 amide bonds. The van der Waals surface area contributed by atoms with Crippen LogP contribution in [0.5, 0.6) is 11.5 Å². The summed E-state index contributed by atoms with van der Waals surface area (Å²) in [4.78, 5) is 4.21. The predicted molar refractivity (Wildman–Crippen MR) is 104 cm³/mol. The molecule has 0 atom stereocenters. The van der Waals surface area contributed by atoms with Crippen LogP contribution in [0.2, 0.25) is 0 Å². The molecule has 1 aromatic carbocycles. The molecule has 0 fully saturated rings. The van der Waals surface area contributed by atoms with E-state index >= 15 is 0 Å². The summed E-state index contributed by atoms with van der Waals surface area (Å²) in [5, 5.41) is 10.9. The summed E-state index contributed by atoms with van der Waals surface area (Å²) in [7, 11) is 3.60. The SMILES string of the molecule is CCOc1cc(CNC(=NC)NCc2c(C)nn(C)c2C)ccc1OC(F)F. The van der Waals surface area contributed by atoms with Crippen molar-refractivity contribution >= 4 is 5.96 Å². The Morgan fingerprint density at radius 2 is 1.93 bits per heavy atom. The first kappa shape index (κ1) is 21.5. The maximum Gasteiger partial charge on any atom is 0.387 e. The lowest BCUT2D eigenvalue weighted by molar-refractivity contribution is -0.0514. The zero-order valence-electron chi connectivity index (χ0n) is 16.8. The first-order valence-corrected chi connectivity index (χ1v) is 8.99. The van der Waals surface area contributed by atoms with E-state index in [9.17, 15) is 8.78 Å². The van der Waals surface area contributed by atoms with Crippen molar-refractivity contribution in [2.75, 3.05) is 13.7 Å². The number of nitrogens with zero attached hydrogens (tertiary/aromatic N) is 3. The second kappa shape index (κ2) is 9.91. The molecule has 1 aromatic heterocycles. The average Bonchev–Trinajstić information content (AvgIpc) is 2.89. The van der Waals surface area contributed by atoms with E-state index in [1.807, 2.05) is 25.6 Å². The molecule has 9 heteroatoms. The molecule has 154 valence electrons. The maximum atomic E-state index is 12.5. The summed E-state index contributed by atoms with van der Waals surface area (Å²) in [6.07, 6.45) is 0. The second-order valence-corrected chi connectivity index (χ2v) is 6.14. The van der Waals surface area contributed by atoms with Crippen LogP contribution in [0.3, 0.4) is 0 Å². The minimum atomic E-state index is -2.90. The largest absolute Gasteiger partial charge is 0.490 e. The van der Waals surface area contributed by atoms with Gasteiger partial charge in [-0.1, -0.05) is 6.07 Å². The Hall–Kier alpha value is -2.84. The summed E-state index contributed by atoms with van der Waals surface area (Å²) < 4.78 is 36.7. The zero-order valence-corrected chi connectivity index (χ0v) is 16.8. The predicted octanol–water partition coefficient (Wildman–Crippen LogP) is 2.90. The van der Waals surface area contributed by atoms with Crippen LogP contribution >= 0.6 is 0 Å². The molecule has 7 nitrogen and oxygen atoms in total. The zero-order chi connectivity index (χ0) is 20.7. The standard InChI is InChI=1S/C19H27F2N5O2/c1-6-27-17-9-14(7-8-16(17)28-18(20)21)10-23-19(22-4)24-11-15-12(2)25-26(5)13(15)3/h7-9,18H,6,10-11H2,1-5H3,(H2,22,23,24). The molecule has 0 saturated carbocycles. The average molecular weight is 395 g/mol. The van der Waals surface area contributed by atoms with Crippen LogP contribution < -0.4 is 20.1 Å². The van der Waals surface area contributed by atoms with Gasteiger partial charge in [0.05, 0.1) is 12.3 Å². The van der Waals surface area contributed by atoms with Crippen molar-refractivity contribution in [1.82, 2.24) is 20.4 Å². The smallest absolute Gasteiger partial charge is 0.387 e. The van der Waals surface area contributed by atoms with Gasteiger partial charge in [0.15, 0.2) is 17.5 Å². The van der Waals surface area contributed by atoms with E-state index in [2.05, 4.69) is 25.5 Å². The van der Waals surface area contributed by atoms with Gasteiger partial charge in [0.2, 0.25) is 0 Å². The molecule has 0 aliphatic heterocycles. The van der Waals surface area contributed by atoms with Crippen molar-refractivity contribution < 1.29 is 18.3 Å². The van der Waals surface area contributed by atoms with Gasteiger partial charge in [-0.25, -0.2) is 0 Å². The monoisotopic (exact) mass is 395 g/mol. The van der Waals surface area contributed by atoms with Gasteiger partial charge >= 0.3 is 6.61 Å². The first-order chi connectivity index (χ1) is 13.3. The molecule has 0 unspecified atom stereocenters. The lowest BCUT2D eigenvalue weighted by Crippen LogP contribution is -2.36. The molecule has 2 rings (SSSR count). The number of rotatable bonds is 8. The lowest BCUT2D eigenvalue weighted by atomic mass is 10.2. The number of halogens is 2. The molecular weight excluding hydrogens is 368 g/mol. The van der Waals surface area contributed by atoms with Gasteiger partial charge in [0, 0.05) is 38.4 Å². The molecule has 0 spiro atoms. The third-order valence-electron chi connectivity index (χ3n) is 4.30. The highest BCUT2D eigenvalue weighted by Crippen LogP contribution is 2.29. The topological polar surface area (TPSA) is 72.7 Å². The number of alkyl halides is 2. The molecule has 2 aromatic rings. The third kappa shape index (κ3) is 5.58. The molecule has 0 radical (unpaired) electrons. The van der Waals surface area contributed by atoms with Crippen molar-refractivity contribution in [3.8, 4) is 11.5 Å². The van der Waals surface area contributed by atoms with Gasteiger partial charge in [-0.05, 0) is 38.5 Å². The van der Waals surface area contributed by atoms with E-state index in [0.29, 0.717) is 25.7 Å². The normalized spacial score (nSPS) is 11.6. The number of aromatic nitrogens is 2. The molecule has 1 heterocycles. The van der Waals surface area contributed by atoms with Gasteiger partial charge in [-0.3, -0.25) is 9.67 Å². The molecule has 0 saturated heterocycles. The van der Waals surface area contributed by atoms with Crippen molar-refractivity contribution in [2.45, 2.75) is 40.5 Å². The van der Waals surface area contributed by atoms with E-state index in [1.165, 1.54) is 6.07 Å². The van der Waals surface area contributed by atoms with E-state index in [4.69, 9.17) is 4.74 Å². The van der Waals surface area contributed by atoms with Crippen LogP contribution in [0.25, 0.3) is 0 Å². The van der Waals surface area contributed by atoms with Crippen LogP contribution in [0, 0.1) is 13.8 Å². The van der Waals surface area contributed by atoms with Crippen LogP contribution in [0.4, 0.5) is 8.78 Å². The molecule has 28 heavy (non-hydrogen) atoms. The summed E-state index contributed by atoms with van der Waals surface area (Å²) in [6.45, 7) is 4.26. The van der Waals surface area contributed by atoms with Crippen molar-refractivity contribution in [1.29, 1.82) is 0 Å². The number of aryl methyl sites for hydroxylation is 2. The number of nitrogens with one attached hydrogen (secondary N) is 2. The minimum absolute atomic E-state index is 0.0191. The number of benzene rings is 1. The quantitative estimate of drug-likeness (QED) is 0.531. The fourth-order valence-corrected chi connectivity index (χ4v) is 2.78. The Balaban J connectivity index is 1.99. The minimum Gasteiger partial charge on any atom is -0.490 e. The highest BCUT2D eigenvalue weighted by atomic mass is 19.3. The Kier molecular flexibility index (Phi) is 7.60. The fourth-order valence-electron chi connectivity index (χ4n) is 2.78. The molecule has 0 bridgehead atoms. The molecule has 0 aliphatic carbocycles. The molecule has 0 aliphatic rings. The number of hydrogen-bond acceptors (Lipinski definition) is 4. The van der Waals surface area contributed by atoms with Crippen LogP contribution in [0.1, 0.15) is 29.4 Å². The van der Waals surface area contributed by atoms with Gasteiger partial charge < -0.3 is 20.1 Å². The summed E-state index contributed by atoms with van der Waals surface area (Å²) >= 11 is 0. The fraction of sp³-hybridized carbons (Fsp3) is 0.474. The maximum absolute atomic E-state index is 12.5. The van der Waals surface area contributed by atoms with Gasteiger partial charge in [-0.15, -0.1) is 0 Å². The summed E-state index contributed by atoms with van der Waals surface area (Å²) in [5.74, 6) is 0.922. The van der Waals surface area contributed by atoms with Gasteiger partial charge in [-0.2, -0.15) is 13.9 Å². The first-order valence-electron chi connectivity index (χ1n) is 8.99. The molecule has 2 N–H and O–H groups in total. The Morgan fingerprint density at radius 1 is 1.21 bits per heavy atom. The third-order valence-corrected chi connectivity index (χ3v) is 4.30.